The average Bonchev–Trinajstić information content (AvgIpc) is 3.40. The van der Waals surface area contributed by atoms with Gasteiger partial charge in [0.15, 0.2) is 10.3 Å². The number of nitrogens with zero attached hydrogens (tertiary/aromatic N) is 4. The van der Waals surface area contributed by atoms with Crippen LogP contribution in [-0.4, -0.2) is 30.4 Å². The number of rotatable bonds is 8. The van der Waals surface area contributed by atoms with Crippen LogP contribution in [0.25, 0.3) is 0 Å². The minimum atomic E-state index is 0.686. The molecule has 0 N–H and O–H groups in total. The van der Waals surface area contributed by atoms with Gasteiger partial charge in [0.25, 0.3) is 0 Å². The van der Waals surface area contributed by atoms with Gasteiger partial charge in [-0.3, -0.25) is 0 Å². The van der Waals surface area contributed by atoms with Crippen molar-refractivity contribution in [3.05, 3.63) is 62.2 Å². The Morgan fingerprint density at radius 2 is 1.10 bits per heavy atom. The molecule has 0 spiro atoms. The predicted octanol–water partition coefficient (Wildman–Crippen LogP) is 6.63. The Morgan fingerprint density at radius 1 is 0.700 bits per heavy atom. The van der Waals surface area contributed by atoms with Crippen LogP contribution in [0.3, 0.4) is 0 Å². The van der Waals surface area contributed by atoms with Crippen molar-refractivity contribution in [1.82, 2.24) is 19.9 Å². The molecular formula is C24H32N4S2. The molecule has 0 aliphatic heterocycles. The lowest BCUT2D eigenvalue weighted by Gasteiger charge is -2.16. The molecule has 4 rings (SSSR count). The second-order valence-electron chi connectivity index (χ2n) is 7.81. The van der Waals surface area contributed by atoms with Crippen LogP contribution in [0.15, 0.2) is 72.5 Å². The van der Waals surface area contributed by atoms with Crippen molar-refractivity contribution >= 4 is 23.5 Å². The second-order valence-corrected chi connectivity index (χ2v) is 10.2. The van der Waals surface area contributed by atoms with Gasteiger partial charge in [0.1, 0.15) is 0 Å². The summed E-state index contributed by atoms with van der Waals surface area (Å²) in [7, 11) is 0. The molecule has 2 fully saturated rings. The van der Waals surface area contributed by atoms with Crippen molar-refractivity contribution in [3.63, 3.8) is 0 Å². The third kappa shape index (κ3) is 7.24. The largest absolute Gasteiger partial charge is 0.231 e. The Balaban J connectivity index is 0.000000171. The molecule has 6 heteroatoms. The van der Waals surface area contributed by atoms with Crippen LogP contribution in [0.1, 0.15) is 51.4 Å². The molecule has 2 aromatic rings. The summed E-state index contributed by atoms with van der Waals surface area (Å²) in [5.41, 5.74) is 0. The third-order valence-corrected chi connectivity index (χ3v) is 8.41. The number of thioether (sulfide) groups is 2. The second kappa shape index (κ2) is 12.9. The van der Waals surface area contributed by atoms with E-state index in [1.807, 2.05) is 72.6 Å². The lowest BCUT2D eigenvalue weighted by atomic mass is 10.0. The first-order valence-corrected chi connectivity index (χ1v) is 12.6. The van der Waals surface area contributed by atoms with Crippen molar-refractivity contribution < 1.29 is 0 Å². The first-order valence-electron chi connectivity index (χ1n) is 10.9. The molecule has 2 saturated carbocycles. The van der Waals surface area contributed by atoms with Crippen molar-refractivity contribution in [2.24, 2.45) is 11.8 Å². The molecule has 0 bridgehead atoms. The number of hydrogen-bond donors (Lipinski definition) is 0. The van der Waals surface area contributed by atoms with Gasteiger partial charge >= 0.3 is 0 Å². The Labute approximate surface area is 189 Å². The topological polar surface area (TPSA) is 51.6 Å². The lowest BCUT2D eigenvalue weighted by molar-refractivity contribution is 0.569. The van der Waals surface area contributed by atoms with Crippen LogP contribution in [0.5, 0.6) is 0 Å². The van der Waals surface area contributed by atoms with Gasteiger partial charge in [-0.05, 0) is 62.5 Å². The standard InChI is InChI=1S/2C12H16N2S/c2*1-2-5-10-6-3-7-11(10)15-12-13-8-4-9-14-12/h2*2,4,8-11H,1,3,5-7H2/t2*10-,11-/m10/s1. The molecule has 4 atom stereocenters. The van der Waals surface area contributed by atoms with Crippen molar-refractivity contribution in [1.29, 1.82) is 0 Å². The molecule has 0 saturated heterocycles. The van der Waals surface area contributed by atoms with Crippen LogP contribution in [-0.2, 0) is 0 Å². The van der Waals surface area contributed by atoms with Gasteiger partial charge in [0.2, 0.25) is 0 Å². The zero-order valence-corrected chi connectivity index (χ0v) is 19.2. The van der Waals surface area contributed by atoms with Crippen LogP contribution >= 0.6 is 23.5 Å². The van der Waals surface area contributed by atoms with Crippen molar-refractivity contribution in [2.75, 3.05) is 0 Å². The highest BCUT2D eigenvalue weighted by Gasteiger charge is 2.28. The van der Waals surface area contributed by atoms with Gasteiger partial charge in [0, 0.05) is 35.3 Å². The summed E-state index contributed by atoms with van der Waals surface area (Å²) in [5.74, 6) is 1.55. The predicted molar refractivity (Wildman–Crippen MR) is 128 cm³/mol. The molecule has 0 unspecified atom stereocenters. The highest BCUT2D eigenvalue weighted by molar-refractivity contribution is 8.00. The minimum Gasteiger partial charge on any atom is -0.231 e. The Bertz CT molecular complexity index is 691. The van der Waals surface area contributed by atoms with Crippen molar-refractivity contribution in [3.8, 4) is 0 Å². The molecule has 2 aromatic heterocycles. The van der Waals surface area contributed by atoms with Gasteiger partial charge in [-0.1, -0.05) is 48.5 Å². The molecular weight excluding hydrogens is 408 g/mol. The van der Waals surface area contributed by atoms with Crippen LogP contribution in [0.2, 0.25) is 0 Å². The Morgan fingerprint density at radius 3 is 1.47 bits per heavy atom. The van der Waals surface area contributed by atoms with Gasteiger partial charge < -0.3 is 0 Å². The zero-order chi connectivity index (χ0) is 21.0. The van der Waals surface area contributed by atoms with Gasteiger partial charge in [-0.15, -0.1) is 13.2 Å². The fourth-order valence-corrected chi connectivity index (χ4v) is 6.72. The summed E-state index contributed by atoms with van der Waals surface area (Å²) in [6, 6.07) is 3.72. The molecule has 4 nitrogen and oxygen atoms in total. The number of hydrogen-bond acceptors (Lipinski definition) is 6. The van der Waals surface area contributed by atoms with E-state index in [0.717, 1.165) is 35.0 Å². The van der Waals surface area contributed by atoms with Crippen LogP contribution < -0.4 is 0 Å². The summed E-state index contributed by atoms with van der Waals surface area (Å²) < 4.78 is 0. The van der Waals surface area contributed by atoms with Crippen LogP contribution in [0.4, 0.5) is 0 Å². The highest BCUT2D eigenvalue weighted by atomic mass is 32.2. The molecule has 160 valence electrons. The first-order chi connectivity index (χ1) is 14.8. The monoisotopic (exact) mass is 440 g/mol. The Kier molecular flexibility index (Phi) is 9.90. The molecule has 2 aliphatic carbocycles. The van der Waals surface area contributed by atoms with Gasteiger partial charge in [-0.2, -0.15) is 0 Å². The van der Waals surface area contributed by atoms with E-state index < -0.39 is 0 Å². The summed E-state index contributed by atoms with van der Waals surface area (Å²) >= 11 is 3.66. The van der Waals surface area contributed by atoms with E-state index in [1.165, 1.54) is 38.5 Å². The molecule has 2 aliphatic rings. The molecule has 2 heterocycles. The van der Waals surface area contributed by atoms with Gasteiger partial charge in [0.05, 0.1) is 0 Å². The minimum absolute atomic E-state index is 0.686. The molecule has 0 amide bonds. The average molecular weight is 441 g/mol. The van der Waals surface area contributed by atoms with E-state index in [2.05, 4.69) is 33.1 Å². The summed E-state index contributed by atoms with van der Waals surface area (Å²) in [6.07, 6.45) is 21.5. The van der Waals surface area contributed by atoms with E-state index in [4.69, 9.17) is 0 Å². The third-order valence-electron chi connectivity index (χ3n) is 5.72. The smallest absolute Gasteiger partial charge is 0.187 e. The Hall–Kier alpha value is -1.66. The summed E-state index contributed by atoms with van der Waals surface area (Å²) in [5, 5.41) is 3.20. The van der Waals surface area contributed by atoms with E-state index in [0.29, 0.717) is 10.5 Å². The fraction of sp³-hybridized carbons (Fsp3) is 0.500. The summed E-state index contributed by atoms with van der Waals surface area (Å²) in [4.78, 5) is 17.1. The van der Waals surface area contributed by atoms with Gasteiger partial charge in [-0.25, -0.2) is 19.9 Å². The van der Waals surface area contributed by atoms with E-state index >= 15 is 0 Å². The maximum Gasteiger partial charge on any atom is 0.187 e. The molecule has 0 radical (unpaired) electrons. The van der Waals surface area contributed by atoms with E-state index in [1.54, 1.807) is 0 Å². The zero-order valence-electron chi connectivity index (χ0n) is 17.6. The van der Waals surface area contributed by atoms with Crippen LogP contribution in [0, 0.1) is 11.8 Å². The molecule has 30 heavy (non-hydrogen) atoms. The number of aromatic nitrogens is 4. The lowest BCUT2D eigenvalue weighted by Crippen LogP contribution is -2.09. The maximum atomic E-state index is 4.26. The first kappa shape index (κ1) is 23.0. The fourth-order valence-electron chi connectivity index (χ4n) is 4.25. The quantitative estimate of drug-likeness (QED) is 0.339. The van der Waals surface area contributed by atoms with E-state index in [9.17, 15) is 0 Å². The SMILES string of the molecule is C=CC[C@@H]1CCC[C@H]1Sc1ncccn1.C=CC[C@H]1CCC[C@@H]1Sc1ncccn1. The normalized spacial score (nSPS) is 25.3. The molecule has 0 aromatic carbocycles. The van der Waals surface area contributed by atoms with Crippen molar-refractivity contribution in [2.45, 2.75) is 72.2 Å². The van der Waals surface area contributed by atoms with E-state index in [-0.39, 0.29) is 0 Å². The highest BCUT2D eigenvalue weighted by Crippen LogP contribution is 2.40. The number of allylic oxidation sites excluding steroid dienone is 2. The maximum absolute atomic E-state index is 4.26. The summed E-state index contributed by atoms with van der Waals surface area (Å²) in [6.45, 7) is 7.65.